The fourth-order valence-electron chi connectivity index (χ4n) is 8.18. The Labute approximate surface area is 440 Å². The number of pyridine rings is 6. The first-order valence-electron chi connectivity index (χ1n) is 21.7. The molecule has 0 spiro atoms. The number of aromatic carboxylic acids is 1. The summed E-state index contributed by atoms with van der Waals surface area (Å²) in [4.78, 5) is 49.8. The summed E-state index contributed by atoms with van der Waals surface area (Å²) in [5, 5.41) is 25.2. The number of nitrogens with zero attached hydrogens (tertiary/aromatic N) is 10. The van der Waals surface area contributed by atoms with E-state index in [-0.39, 0.29) is 49.0 Å². The molecule has 0 unspecified atom stereocenters. The molecule has 0 radical (unpaired) electrons. The van der Waals surface area contributed by atoms with Crippen LogP contribution in [-0.2, 0) is 26.2 Å². The van der Waals surface area contributed by atoms with Crippen LogP contribution in [0.15, 0.2) is 97.6 Å². The number of fused-ring (bicyclic) bond motifs is 4. The number of rotatable bonds is 9. The molecule has 0 bridgehead atoms. The van der Waals surface area contributed by atoms with Crippen LogP contribution in [0.25, 0.3) is 43.6 Å². The van der Waals surface area contributed by atoms with E-state index in [9.17, 15) is 14.7 Å². The maximum Gasteiger partial charge on any atom is 0.357 e. The summed E-state index contributed by atoms with van der Waals surface area (Å²) in [5.41, 5.74) is 27.7. The normalized spacial score (nSPS) is 10.8. The molecule has 2 aromatic carbocycles. The molecule has 0 aliphatic rings. The molecule has 73 heavy (non-hydrogen) atoms. The number of anilines is 2. The van der Waals surface area contributed by atoms with Crippen molar-refractivity contribution in [3.8, 4) is 0 Å². The molecule has 10 rings (SSSR count). The number of hydrogen-bond donors (Lipinski definition) is 5. The highest BCUT2D eigenvalue weighted by atomic mass is 35.5. The van der Waals surface area contributed by atoms with Gasteiger partial charge in [0, 0.05) is 60.0 Å². The van der Waals surface area contributed by atoms with Crippen molar-refractivity contribution in [2.75, 3.05) is 11.5 Å². The summed E-state index contributed by atoms with van der Waals surface area (Å²) < 4.78 is 3.35. The molecule has 0 atom stereocenters. The molecule has 8 aromatic heterocycles. The van der Waals surface area contributed by atoms with E-state index in [4.69, 9.17) is 63.6 Å². The number of nitrogens with two attached hydrogens (primary N) is 3. The van der Waals surface area contributed by atoms with Crippen LogP contribution in [0.5, 0.6) is 0 Å². The van der Waals surface area contributed by atoms with Gasteiger partial charge in [0.25, 0.3) is 5.91 Å². The van der Waals surface area contributed by atoms with Gasteiger partial charge in [-0.3, -0.25) is 24.1 Å². The molecular weight excluding hydrogens is 1010 g/mol. The van der Waals surface area contributed by atoms with Gasteiger partial charge < -0.3 is 27.6 Å². The molecule has 21 heteroatoms. The second kappa shape index (κ2) is 23.3. The van der Waals surface area contributed by atoms with Crippen molar-refractivity contribution in [3.63, 3.8) is 0 Å². The monoisotopic (exact) mass is 1060 g/mol. The van der Waals surface area contributed by atoms with Crippen LogP contribution in [0.1, 0.15) is 80.6 Å². The summed E-state index contributed by atoms with van der Waals surface area (Å²) in [5.74, 6) is -0.483. The number of carbonyl (C=O) groups is 2. The Hall–Kier alpha value is -7.54. The molecule has 1 amide bonds. The highest BCUT2D eigenvalue weighted by Gasteiger charge is 2.22. The van der Waals surface area contributed by atoms with Crippen LogP contribution in [0.2, 0.25) is 20.4 Å². The molecule has 10 aromatic rings. The number of carbonyl (C=O) groups excluding carboxylic acids is 1. The fourth-order valence-corrected chi connectivity index (χ4v) is 8.99. The zero-order chi connectivity index (χ0) is 50.7. The largest absolute Gasteiger partial charge is 0.476 e. The van der Waals surface area contributed by atoms with E-state index in [1.165, 1.54) is 6.20 Å². The standard InChI is InChI=1S/C25H21Cl2N7O.C17H10Cl2N4O2.C8H13N3.2CH4/c1-13-7-21(28)32-14(2)18(13)11-31-25(35)23-22-20(5-6-29-24(22)27)34(33-23)12-15-3-4-19-16(8-15)9-17(26)10-30-19;18-11-6-10-5-9(1-2-12(10)21-7-11)8-23-13-3-4-20-16(19)14(13)15(22-23)17(24)25;1-5-3-8(10)11-6(2)7(5)4-9;;/h3-10H,11-12H2,1-2H3,(H2,28,32)(H,31,35);1-7H,8H2,(H,24,25);3H,4,9H2,1-2H3,(H2,10,11);2*1H4. The summed E-state index contributed by atoms with van der Waals surface area (Å²) in [6, 6.07) is 22.5. The molecule has 0 aliphatic carbocycles. The predicted molar refractivity (Wildman–Crippen MR) is 293 cm³/mol. The molecule has 0 aliphatic heterocycles. The maximum atomic E-state index is 13.2. The van der Waals surface area contributed by atoms with E-state index in [0.29, 0.717) is 63.1 Å². The Morgan fingerprint density at radius 1 is 0.616 bits per heavy atom. The van der Waals surface area contributed by atoms with Crippen molar-refractivity contribution in [2.45, 2.75) is 68.7 Å². The summed E-state index contributed by atoms with van der Waals surface area (Å²) in [6.07, 6.45) is 6.34. The van der Waals surface area contributed by atoms with Gasteiger partial charge in [-0.2, -0.15) is 10.2 Å². The smallest absolute Gasteiger partial charge is 0.357 e. The Kier molecular flexibility index (Phi) is 17.5. The summed E-state index contributed by atoms with van der Waals surface area (Å²) >= 11 is 24.6. The van der Waals surface area contributed by atoms with E-state index in [1.807, 2.05) is 82.3 Å². The Morgan fingerprint density at radius 2 is 1.07 bits per heavy atom. The van der Waals surface area contributed by atoms with Gasteiger partial charge in [-0.05, 0) is 122 Å². The number of nitrogen functional groups attached to an aromatic ring is 2. The number of nitrogens with one attached hydrogen (secondary N) is 1. The highest BCUT2D eigenvalue weighted by molar-refractivity contribution is 6.36. The van der Waals surface area contributed by atoms with Crippen molar-refractivity contribution in [2.24, 2.45) is 5.73 Å². The van der Waals surface area contributed by atoms with Crippen LogP contribution in [0.4, 0.5) is 11.6 Å². The molecule has 0 saturated carbocycles. The number of aromatic nitrogens is 10. The first-order chi connectivity index (χ1) is 34.0. The lowest BCUT2D eigenvalue weighted by atomic mass is 10.1. The van der Waals surface area contributed by atoms with Gasteiger partial charge in [-0.25, -0.2) is 24.7 Å². The molecule has 8 N–H and O–H groups in total. The number of amides is 1. The Balaban J connectivity index is 0.000000199. The maximum absolute atomic E-state index is 13.2. The van der Waals surface area contributed by atoms with Gasteiger partial charge in [0.05, 0.1) is 56.0 Å². The topological polar surface area (TPSA) is 257 Å². The van der Waals surface area contributed by atoms with Crippen molar-refractivity contribution in [1.29, 1.82) is 0 Å². The van der Waals surface area contributed by atoms with Crippen LogP contribution < -0.4 is 22.5 Å². The molecular formula is C52H52Cl4N14O3. The Bertz CT molecular complexity index is 3650. The van der Waals surface area contributed by atoms with Crippen LogP contribution >= 0.6 is 46.4 Å². The first-order valence-corrected chi connectivity index (χ1v) is 23.3. The van der Waals surface area contributed by atoms with Crippen molar-refractivity contribution < 1.29 is 14.7 Å². The van der Waals surface area contributed by atoms with Gasteiger partial charge in [0.15, 0.2) is 11.4 Å². The molecule has 0 saturated heterocycles. The fraction of sp³-hybridized carbons (Fsp3) is 0.192. The van der Waals surface area contributed by atoms with Crippen molar-refractivity contribution in [1.82, 2.24) is 54.8 Å². The third-order valence-electron chi connectivity index (χ3n) is 11.5. The van der Waals surface area contributed by atoms with Gasteiger partial charge in [0.1, 0.15) is 21.9 Å². The Morgan fingerprint density at radius 3 is 1.52 bits per heavy atom. The second-order valence-corrected chi connectivity index (χ2v) is 18.0. The van der Waals surface area contributed by atoms with Crippen LogP contribution in [0, 0.1) is 27.7 Å². The summed E-state index contributed by atoms with van der Waals surface area (Å²) in [7, 11) is 0. The lowest BCUT2D eigenvalue weighted by Crippen LogP contribution is -2.25. The molecule has 376 valence electrons. The van der Waals surface area contributed by atoms with Crippen LogP contribution in [0.3, 0.4) is 0 Å². The van der Waals surface area contributed by atoms with Gasteiger partial charge in [-0.1, -0.05) is 73.4 Å². The van der Waals surface area contributed by atoms with Crippen LogP contribution in [-0.4, -0.2) is 66.4 Å². The number of halogens is 4. The average molecular weight is 1060 g/mol. The number of carboxylic acids is 1. The lowest BCUT2D eigenvalue weighted by molar-refractivity contribution is 0.0691. The predicted octanol–water partition coefficient (Wildman–Crippen LogP) is 10.9. The zero-order valence-corrected chi connectivity index (χ0v) is 41.6. The second-order valence-electron chi connectivity index (χ2n) is 16.4. The van der Waals surface area contributed by atoms with Crippen molar-refractivity contribution >= 4 is 114 Å². The first kappa shape index (κ1) is 54.8. The minimum atomic E-state index is -1.15. The van der Waals surface area contributed by atoms with Gasteiger partial charge >= 0.3 is 5.97 Å². The minimum absolute atomic E-state index is 0. The third kappa shape index (κ3) is 12.2. The van der Waals surface area contributed by atoms with Gasteiger partial charge in [-0.15, -0.1) is 0 Å². The zero-order valence-electron chi connectivity index (χ0n) is 38.5. The van der Waals surface area contributed by atoms with E-state index in [1.54, 1.807) is 46.2 Å². The third-order valence-corrected chi connectivity index (χ3v) is 12.5. The quantitative estimate of drug-likeness (QED) is 0.0843. The SMILES string of the molecule is C.C.Cc1cc(N)nc(C)c1CN.Cc1cc(N)nc(C)c1CNC(=O)c1nn(Cc2ccc3ncc(Cl)cc3c2)c2ccnc(Cl)c12.O=C(O)c1nn(Cc2ccc3ncc(Cl)cc3c2)c2ccnc(Cl)c12. The van der Waals surface area contributed by atoms with Crippen molar-refractivity contribution in [3.05, 3.63) is 174 Å². The van der Waals surface area contributed by atoms with E-state index in [2.05, 4.69) is 45.4 Å². The number of hydrogen-bond acceptors (Lipinski definition) is 13. The van der Waals surface area contributed by atoms with Gasteiger partial charge in [0.2, 0.25) is 0 Å². The van der Waals surface area contributed by atoms with E-state index < -0.39 is 5.97 Å². The minimum Gasteiger partial charge on any atom is -0.476 e. The lowest BCUT2D eigenvalue weighted by Gasteiger charge is -2.11. The summed E-state index contributed by atoms with van der Waals surface area (Å²) in [6.45, 7) is 9.34. The van der Waals surface area contributed by atoms with E-state index >= 15 is 0 Å². The average Bonchev–Trinajstić information content (AvgIpc) is 3.88. The molecule has 0 fully saturated rings. The highest BCUT2D eigenvalue weighted by Crippen LogP contribution is 2.29. The van der Waals surface area contributed by atoms with E-state index in [0.717, 1.165) is 66.6 Å². The molecule has 17 nitrogen and oxygen atoms in total. The number of benzene rings is 2. The number of carboxylic acid groups (broad SMARTS) is 1. The molecule has 8 heterocycles. The number of aryl methyl sites for hydroxylation is 4.